The number of piperidine rings is 1. The van der Waals surface area contributed by atoms with Crippen molar-refractivity contribution in [1.82, 2.24) is 10.6 Å². The molecular formula is C27H40N2O2. The van der Waals surface area contributed by atoms with Crippen LogP contribution in [-0.4, -0.2) is 24.8 Å². The molecule has 2 N–H and O–H groups in total. The number of amides is 1. The second-order valence-corrected chi connectivity index (χ2v) is 12.6. The molecule has 0 aromatic heterocycles. The lowest BCUT2D eigenvalue weighted by atomic mass is 9.50. The van der Waals surface area contributed by atoms with Crippen molar-refractivity contribution in [2.75, 3.05) is 13.1 Å². The second-order valence-electron chi connectivity index (χ2n) is 12.6. The minimum Gasteiger partial charge on any atom is -0.387 e. The number of rotatable bonds is 3. The van der Waals surface area contributed by atoms with Crippen LogP contribution in [-0.2, 0) is 9.59 Å². The number of allylic oxidation sites excluding steroid dienone is 2. The van der Waals surface area contributed by atoms with E-state index >= 15 is 0 Å². The highest BCUT2D eigenvalue weighted by molar-refractivity contribution is 5.91. The standard InChI is InChI=1S/C27H40N2O2/c1-26-10-8-22-20(15-28-24-13-19(30)7-9-27(22,24)2)21(26)5-6-23(26)25(31)29-14-18-12-16-3-4-17(18)11-16/h13,16-18,20-23,28H,3-12,14-15H2,1-2H3,(H,29,31)/t16?,17?,18?,20-,21-,22-,23+,26-,27+/m0/s1. The molecule has 0 spiro atoms. The summed E-state index contributed by atoms with van der Waals surface area (Å²) in [7, 11) is 0. The highest BCUT2D eigenvalue weighted by atomic mass is 16.2. The Morgan fingerprint density at radius 3 is 2.74 bits per heavy atom. The lowest BCUT2D eigenvalue weighted by Crippen LogP contribution is -2.57. The predicted molar refractivity (Wildman–Crippen MR) is 121 cm³/mol. The minimum absolute atomic E-state index is 0.125. The van der Waals surface area contributed by atoms with Crippen molar-refractivity contribution in [3.63, 3.8) is 0 Å². The number of nitrogens with one attached hydrogen (secondary N) is 2. The van der Waals surface area contributed by atoms with E-state index < -0.39 is 0 Å². The summed E-state index contributed by atoms with van der Waals surface area (Å²) in [6, 6.07) is 0. The van der Waals surface area contributed by atoms with Crippen LogP contribution < -0.4 is 10.6 Å². The molecule has 2 bridgehead atoms. The largest absolute Gasteiger partial charge is 0.387 e. The van der Waals surface area contributed by atoms with E-state index in [-0.39, 0.29) is 22.5 Å². The molecule has 1 amide bonds. The third-order valence-electron chi connectivity index (χ3n) is 11.3. The normalized spacial score (nSPS) is 50.2. The van der Waals surface area contributed by atoms with Crippen molar-refractivity contribution in [2.45, 2.75) is 78.1 Å². The maximum atomic E-state index is 13.4. The van der Waals surface area contributed by atoms with E-state index in [0.717, 1.165) is 43.7 Å². The van der Waals surface area contributed by atoms with Crippen LogP contribution in [0.4, 0.5) is 0 Å². The minimum atomic E-state index is 0.125. The zero-order valence-corrected chi connectivity index (χ0v) is 19.4. The van der Waals surface area contributed by atoms with Gasteiger partial charge in [0.05, 0.1) is 0 Å². The number of carbonyl (C=O) groups excluding carboxylic acids is 2. The smallest absolute Gasteiger partial charge is 0.223 e. The first-order chi connectivity index (χ1) is 14.9. The van der Waals surface area contributed by atoms with Gasteiger partial charge >= 0.3 is 0 Å². The fraction of sp³-hybridized carbons (Fsp3) is 0.852. The van der Waals surface area contributed by atoms with Crippen molar-refractivity contribution >= 4 is 11.7 Å². The van der Waals surface area contributed by atoms with E-state index in [4.69, 9.17) is 0 Å². The molecule has 5 fully saturated rings. The highest BCUT2D eigenvalue weighted by Gasteiger charge is 2.60. The number of fused-ring (bicyclic) bond motifs is 7. The summed E-state index contributed by atoms with van der Waals surface area (Å²) in [4.78, 5) is 25.4. The van der Waals surface area contributed by atoms with Crippen molar-refractivity contribution in [3.05, 3.63) is 11.8 Å². The van der Waals surface area contributed by atoms with Gasteiger partial charge in [0.2, 0.25) is 5.91 Å². The molecular weight excluding hydrogens is 384 g/mol. The van der Waals surface area contributed by atoms with Gasteiger partial charge < -0.3 is 10.6 Å². The molecule has 6 rings (SSSR count). The lowest BCUT2D eigenvalue weighted by Gasteiger charge is -2.58. The van der Waals surface area contributed by atoms with Gasteiger partial charge in [0.25, 0.3) is 0 Å². The molecule has 0 aromatic carbocycles. The summed E-state index contributed by atoms with van der Waals surface area (Å²) < 4.78 is 0. The molecule has 6 aliphatic rings. The maximum Gasteiger partial charge on any atom is 0.223 e. The SMILES string of the molecule is C[C@]12CC[C@H]3[C@@H](CNC4=CC(=O)CC[C@@]43C)[C@@H]1CC[C@@H]2C(=O)NCC1CC2CCC1C2. The molecule has 3 unspecified atom stereocenters. The van der Waals surface area contributed by atoms with Gasteiger partial charge in [0.15, 0.2) is 5.78 Å². The van der Waals surface area contributed by atoms with Crippen LogP contribution in [0.15, 0.2) is 11.8 Å². The maximum absolute atomic E-state index is 13.4. The molecule has 5 aliphatic carbocycles. The molecule has 170 valence electrons. The van der Waals surface area contributed by atoms with Crippen molar-refractivity contribution in [3.8, 4) is 0 Å². The molecule has 1 aliphatic heterocycles. The van der Waals surface area contributed by atoms with E-state index in [1.807, 2.05) is 6.08 Å². The van der Waals surface area contributed by atoms with Gasteiger partial charge in [-0.1, -0.05) is 20.3 Å². The van der Waals surface area contributed by atoms with Crippen molar-refractivity contribution in [2.24, 2.45) is 52.3 Å². The van der Waals surface area contributed by atoms with Gasteiger partial charge in [-0.2, -0.15) is 0 Å². The molecule has 4 heteroatoms. The molecule has 4 saturated carbocycles. The Hall–Kier alpha value is -1.32. The Balaban J connectivity index is 1.15. The van der Waals surface area contributed by atoms with Crippen molar-refractivity contribution < 1.29 is 9.59 Å². The monoisotopic (exact) mass is 424 g/mol. The Morgan fingerprint density at radius 2 is 1.97 bits per heavy atom. The quantitative estimate of drug-likeness (QED) is 0.703. The zero-order chi connectivity index (χ0) is 21.4. The van der Waals surface area contributed by atoms with E-state index in [9.17, 15) is 9.59 Å². The first-order valence-electron chi connectivity index (χ1n) is 13.1. The van der Waals surface area contributed by atoms with Gasteiger partial charge in [-0.05, 0) is 92.3 Å². The Morgan fingerprint density at radius 1 is 1.10 bits per heavy atom. The average Bonchev–Trinajstić information content (AvgIpc) is 3.46. The average molecular weight is 425 g/mol. The van der Waals surface area contributed by atoms with Crippen LogP contribution in [0.3, 0.4) is 0 Å². The van der Waals surface area contributed by atoms with E-state index in [1.54, 1.807) is 0 Å². The predicted octanol–water partition coefficient (Wildman–Crippen LogP) is 4.45. The van der Waals surface area contributed by atoms with Crippen LogP contribution in [0, 0.1) is 52.3 Å². The second kappa shape index (κ2) is 7.09. The van der Waals surface area contributed by atoms with Crippen LogP contribution in [0.25, 0.3) is 0 Å². The van der Waals surface area contributed by atoms with E-state index in [2.05, 4.69) is 24.5 Å². The third-order valence-corrected chi connectivity index (χ3v) is 11.3. The fourth-order valence-electron chi connectivity index (χ4n) is 9.56. The summed E-state index contributed by atoms with van der Waals surface area (Å²) in [6.07, 6.45) is 13.8. The number of ketones is 1. The van der Waals surface area contributed by atoms with Gasteiger partial charge in [-0.25, -0.2) is 0 Å². The van der Waals surface area contributed by atoms with Crippen LogP contribution in [0.2, 0.25) is 0 Å². The molecule has 9 atom stereocenters. The van der Waals surface area contributed by atoms with Crippen LogP contribution >= 0.6 is 0 Å². The highest BCUT2D eigenvalue weighted by Crippen LogP contribution is 2.64. The fourth-order valence-corrected chi connectivity index (χ4v) is 9.56. The molecule has 1 saturated heterocycles. The van der Waals surface area contributed by atoms with Gasteiger partial charge in [-0.15, -0.1) is 0 Å². The van der Waals surface area contributed by atoms with Gasteiger partial charge in [0, 0.05) is 42.6 Å². The van der Waals surface area contributed by atoms with E-state index in [0.29, 0.717) is 30.1 Å². The molecule has 0 radical (unpaired) electrons. The summed E-state index contributed by atoms with van der Waals surface area (Å²) in [6.45, 7) is 6.73. The first kappa shape index (κ1) is 20.3. The first-order valence-corrected chi connectivity index (χ1v) is 13.1. The summed E-state index contributed by atoms with van der Waals surface area (Å²) >= 11 is 0. The van der Waals surface area contributed by atoms with Gasteiger partial charge in [0.1, 0.15) is 0 Å². The van der Waals surface area contributed by atoms with Gasteiger partial charge in [-0.3, -0.25) is 9.59 Å². The molecule has 0 aromatic rings. The number of hydrogen-bond donors (Lipinski definition) is 2. The Labute approximate surface area is 187 Å². The lowest BCUT2D eigenvalue weighted by molar-refractivity contribution is -0.132. The van der Waals surface area contributed by atoms with Crippen LogP contribution in [0.1, 0.15) is 78.1 Å². The summed E-state index contributed by atoms with van der Waals surface area (Å²) in [5, 5.41) is 7.12. The summed E-state index contributed by atoms with van der Waals surface area (Å²) in [5.74, 6) is 5.32. The molecule has 4 nitrogen and oxygen atoms in total. The Kier molecular flexibility index (Phi) is 4.64. The van der Waals surface area contributed by atoms with E-state index in [1.165, 1.54) is 50.6 Å². The Bertz CT molecular complexity index is 820. The number of hydrogen-bond acceptors (Lipinski definition) is 3. The third kappa shape index (κ3) is 2.99. The zero-order valence-electron chi connectivity index (χ0n) is 19.4. The molecule has 1 heterocycles. The molecule has 31 heavy (non-hydrogen) atoms. The van der Waals surface area contributed by atoms with Crippen LogP contribution in [0.5, 0.6) is 0 Å². The number of carbonyl (C=O) groups is 2. The summed E-state index contributed by atoms with van der Waals surface area (Å²) in [5.41, 5.74) is 1.47. The van der Waals surface area contributed by atoms with Crippen molar-refractivity contribution in [1.29, 1.82) is 0 Å². The topological polar surface area (TPSA) is 58.2 Å².